The fourth-order valence-corrected chi connectivity index (χ4v) is 5.77. The van der Waals surface area contributed by atoms with Gasteiger partial charge in [-0.1, -0.05) is 125 Å². The lowest BCUT2D eigenvalue weighted by atomic mass is 10.00. The molecule has 0 aliphatic heterocycles. The van der Waals surface area contributed by atoms with Gasteiger partial charge in [-0.2, -0.15) is 0 Å². The van der Waals surface area contributed by atoms with Crippen LogP contribution < -0.4 is 0 Å². The maximum absolute atomic E-state index is 8.63. The number of para-hydroxylation sites is 2. The summed E-state index contributed by atoms with van der Waals surface area (Å²) < 4.78 is 49.2. The second-order valence-corrected chi connectivity index (χ2v) is 10.7. The van der Waals surface area contributed by atoms with E-state index in [4.69, 9.17) is 21.2 Å². The number of nitrogens with zero attached hydrogens (tertiary/aromatic N) is 3. The molecule has 0 amide bonds. The predicted octanol–water partition coefficient (Wildman–Crippen LogP) is 10.4. The quantitative estimate of drug-likeness (QED) is 0.199. The average Bonchev–Trinajstić information content (AvgIpc) is 3.49. The summed E-state index contributed by atoms with van der Waals surface area (Å²) in [5.41, 5.74) is 4.51. The molecule has 0 fully saturated rings. The van der Waals surface area contributed by atoms with Crippen molar-refractivity contribution in [1.82, 2.24) is 15.0 Å². The fourth-order valence-electron chi connectivity index (χ4n) is 5.26. The molecule has 0 unspecified atom stereocenters. The van der Waals surface area contributed by atoms with Gasteiger partial charge in [-0.05, 0) is 46.2 Å². The van der Waals surface area contributed by atoms with Crippen LogP contribution in [0.3, 0.4) is 0 Å². The predicted molar refractivity (Wildman–Crippen MR) is 174 cm³/mol. The van der Waals surface area contributed by atoms with Gasteiger partial charge in [-0.25, -0.2) is 15.0 Å². The van der Waals surface area contributed by atoms with Gasteiger partial charge < -0.3 is 4.42 Å². The van der Waals surface area contributed by atoms with Crippen LogP contribution in [0.4, 0.5) is 0 Å². The van der Waals surface area contributed by atoms with E-state index in [1.807, 2.05) is 78.9 Å². The molecule has 6 aromatic carbocycles. The summed E-state index contributed by atoms with van der Waals surface area (Å²) >= 11 is 3.62. The fraction of sp³-hybridized carbons (Fsp3) is 0. The first-order valence-corrected chi connectivity index (χ1v) is 14.1. The van der Waals surface area contributed by atoms with Crippen LogP contribution in [0.15, 0.2) is 142 Å². The highest BCUT2D eigenvalue weighted by molar-refractivity contribution is 9.10. The number of aromatic nitrogens is 3. The van der Waals surface area contributed by atoms with E-state index in [1.54, 1.807) is 0 Å². The molecule has 0 aliphatic rings. The molecule has 4 nitrogen and oxygen atoms in total. The number of benzene rings is 6. The number of halogens is 1. The Morgan fingerprint density at radius 1 is 0.548 bits per heavy atom. The second-order valence-electron chi connectivity index (χ2n) is 9.84. The zero-order valence-corrected chi connectivity index (χ0v) is 23.5. The maximum atomic E-state index is 8.63. The Morgan fingerprint density at radius 2 is 1.24 bits per heavy atom. The Balaban J connectivity index is 1.32. The first-order valence-electron chi connectivity index (χ1n) is 15.8. The van der Waals surface area contributed by atoms with Crippen molar-refractivity contribution in [3.05, 3.63) is 138 Å². The monoisotopic (exact) mass is 608 g/mol. The topological polar surface area (TPSA) is 51.8 Å². The molecule has 198 valence electrons. The molecule has 0 spiro atoms. The third-order valence-corrected chi connectivity index (χ3v) is 8.00. The maximum Gasteiger partial charge on any atom is 0.167 e. The molecule has 0 atom stereocenters. The third kappa shape index (κ3) is 4.26. The Bertz CT molecular complexity index is 2520. The lowest BCUT2D eigenvalue weighted by Crippen LogP contribution is -2.00. The molecule has 0 aliphatic carbocycles. The molecule has 0 N–H and O–H groups in total. The first kappa shape index (κ1) is 19.9. The van der Waals surface area contributed by atoms with E-state index in [-0.39, 0.29) is 29.3 Å². The minimum atomic E-state index is -0.484. The highest BCUT2D eigenvalue weighted by Crippen LogP contribution is 2.36. The highest BCUT2D eigenvalue weighted by atomic mass is 79.9. The Kier molecular flexibility index (Phi) is 4.75. The van der Waals surface area contributed by atoms with Gasteiger partial charge in [0, 0.05) is 26.4 Å². The minimum Gasteiger partial charge on any atom is -0.455 e. The van der Waals surface area contributed by atoms with Crippen molar-refractivity contribution in [2.24, 2.45) is 0 Å². The number of furan rings is 1. The minimum absolute atomic E-state index is 0.0284. The van der Waals surface area contributed by atoms with Crippen LogP contribution >= 0.6 is 15.9 Å². The molecule has 5 heteroatoms. The normalized spacial score (nSPS) is 13.1. The number of rotatable bonds is 4. The highest BCUT2D eigenvalue weighted by Gasteiger charge is 2.17. The van der Waals surface area contributed by atoms with Crippen molar-refractivity contribution < 1.29 is 11.3 Å². The molecule has 0 radical (unpaired) electrons. The molecule has 8 aromatic rings. The summed E-state index contributed by atoms with van der Waals surface area (Å²) in [6.07, 6.45) is 0. The van der Waals surface area contributed by atoms with Gasteiger partial charge in [0.25, 0.3) is 0 Å². The van der Waals surface area contributed by atoms with Crippen molar-refractivity contribution in [3.63, 3.8) is 0 Å². The van der Waals surface area contributed by atoms with Crippen LogP contribution in [-0.4, -0.2) is 15.0 Å². The van der Waals surface area contributed by atoms with E-state index >= 15 is 0 Å². The molecular weight excluding hydrogens is 582 g/mol. The number of hydrogen-bond acceptors (Lipinski definition) is 4. The zero-order valence-electron chi connectivity index (χ0n) is 26.9. The molecule has 0 saturated carbocycles. The van der Waals surface area contributed by atoms with E-state index in [0.717, 1.165) is 37.1 Å². The summed E-state index contributed by atoms with van der Waals surface area (Å²) in [6, 6.07) is 31.5. The summed E-state index contributed by atoms with van der Waals surface area (Å²) in [5, 5.41) is 4.08. The van der Waals surface area contributed by atoms with Crippen LogP contribution in [0, 0.1) is 0 Å². The van der Waals surface area contributed by atoms with Gasteiger partial charge in [-0.15, -0.1) is 0 Å². The van der Waals surface area contributed by atoms with E-state index in [2.05, 4.69) is 45.2 Å². The largest absolute Gasteiger partial charge is 0.455 e. The average molecular weight is 610 g/mol. The Hall–Kier alpha value is -5.13. The summed E-state index contributed by atoms with van der Waals surface area (Å²) in [5.74, 6) is 0.517. The van der Waals surface area contributed by atoms with Crippen molar-refractivity contribution in [2.75, 3.05) is 0 Å². The molecule has 0 saturated heterocycles. The Labute approximate surface area is 257 Å². The SMILES string of the molecule is [2H]c1c([2H])c([2H])c(-c2nc(-c3ccc(-c4ccc5c(Br)cccc5c4)cc3)nc(-c3cccc4c3oc3ccccc34)n2)c([2H])c1[2H]. The first-order chi connectivity index (χ1) is 22.8. The van der Waals surface area contributed by atoms with Crippen LogP contribution in [-0.2, 0) is 0 Å². The van der Waals surface area contributed by atoms with Gasteiger partial charge in [0.05, 0.1) is 12.4 Å². The van der Waals surface area contributed by atoms with Crippen molar-refractivity contribution in [3.8, 4) is 45.3 Å². The standard InChI is InChI=1S/C37H22BrN3O/c38-32-14-6-10-27-22-26(20-21-28(27)32)23-16-18-25(19-17-23)36-39-35(24-8-2-1-3-9-24)40-37(41-36)31-13-7-12-30-29-11-4-5-15-33(29)42-34(30)31/h1-22H/i1D,2D,3D,8D,9D. The van der Waals surface area contributed by atoms with E-state index in [9.17, 15) is 0 Å². The van der Waals surface area contributed by atoms with Crippen LogP contribution in [0.5, 0.6) is 0 Å². The molecule has 2 heterocycles. The molecule has 0 bridgehead atoms. The molecule has 8 rings (SSSR count). The molecule has 42 heavy (non-hydrogen) atoms. The van der Waals surface area contributed by atoms with Gasteiger partial charge in [0.2, 0.25) is 0 Å². The van der Waals surface area contributed by atoms with Gasteiger partial charge >= 0.3 is 0 Å². The Morgan fingerprint density at radius 3 is 2.10 bits per heavy atom. The third-order valence-electron chi connectivity index (χ3n) is 7.31. The van der Waals surface area contributed by atoms with Crippen LogP contribution in [0.1, 0.15) is 6.85 Å². The van der Waals surface area contributed by atoms with Gasteiger partial charge in [-0.3, -0.25) is 0 Å². The van der Waals surface area contributed by atoms with Crippen molar-refractivity contribution in [2.45, 2.75) is 0 Å². The van der Waals surface area contributed by atoms with Crippen LogP contribution in [0.2, 0.25) is 0 Å². The van der Waals surface area contributed by atoms with Gasteiger partial charge in [0.15, 0.2) is 17.5 Å². The number of fused-ring (bicyclic) bond motifs is 4. The van der Waals surface area contributed by atoms with E-state index in [0.29, 0.717) is 28.1 Å². The summed E-state index contributed by atoms with van der Waals surface area (Å²) in [4.78, 5) is 14.2. The summed E-state index contributed by atoms with van der Waals surface area (Å²) in [7, 11) is 0. The molecular formula is C37H22BrN3O. The molecule has 2 aromatic heterocycles. The zero-order chi connectivity index (χ0) is 32.4. The summed E-state index contributed by atoms with van der Waals surface area (Å²) in [6.45, 7) is 0. The lowest BCUT2D eigenvalue weighted by Gasteiger charge is -2.10. The number of hydrogen-bond donors (Lipinski definition) is 0. The van der Waals surface area contributed by atoms with Gasteiger partial charge in [0.1, 0.15) is 11.2 Å². The smallest absolute Gasteiger partial charge is 0.167 e. The van der Waals surface area contributed by atoms with Crippen molar-refractivity contribution in [1.29, 1.82) is 0 Å². The van der Waals surface area contributed by atoms with E-state index in [1.165, 1.54) is 0 Å². The van der Waals surface area contributed by atoms with Crippen LogP contribution in [0.25, 0.3) is 78.0 Å². The second kappa shape index (κ2) is 10.1. The van der Waals surface area contributed by atoms with Crippen molar-refractivity contribution >= 4 is 48.6 Å². The van der Waals surface area contributed by atoms with E-state index < -0.39 is 18.1 Å². The lowest BCUT2D eigenvalue weighted by molar-refractivity contribution is 0.669.